The van der Waals surface area contributed by atoms with Crippen LogP contribution in [-0.2, 0) is 32.3 Å². The number of hydrogen-bond acceptors (Lipinski definition) is 0. The van der Waals surface area contributed by atoms with E-state index in [2.05, 4.69) is 92.2 Å². The molecule has 0 bridgehead atoms. The Morgan fingerprint density at radius 3 is 2.58 bits per heavy atom. The molecule has 2 atom stereocenters. The van der Waals surface area contributed by atoms with Crippen LogP contribution in [0.25, 0.3) is 17.2 Å². The molecular formula is C25H21Hf-. The van der Waals surface area contributed by atoms with Crippen LogP contribution in [-0.4, -0.2) is 0 Å². The Balaban J connectivity index is 0.00000168. The monoisotopic (exact) mass is 501 g/mol. The van der Waals surface area contributed by atoms with E-state index in [-0.39, 0.29) is 25.8 Å². The summed E-state index contributed by atoms with van der Waals surface area (Å²) in [5.41, 5.74) is 10.0. The molecule has 5 rings (SSSR count). The van der Waals surface area contributed by atoms with E-state index >= 15 is 0 Å². The van der Waals surface area contributed by atoms with Gasteiger partial charge in [0.2, 0.25) is 0 Å². The largest absolute Gasteiger partial charge is 0.188 e. The summed E-state index contributed by atoms with van der Waals surface area (Å²) in [6, 6.07) is 24.3. The SMILES string of the molecule is CC([CH-]c1cccc2c1Cc1ccccc1-2)C1C=Cc2ccccc21.[Hf]. The number of fused-ring (bicyclic) bond motifs is 4. The third-order valence-corrected chi connectivity index (χ3v) is 5.73. The van der Waals surface area contributed by atoms with Crippen LogP contribution < -0.4 is 0 Å². The fourth-order valence-corrected chi connectivity index (χ4v) is 4.46. The van der Waals surface area contributed by atoms with Crippen molar-refractivity contribution in [2.45, 2.75) is 19.3 Å². The van der Waals surface area contributed by atoms with Crippen molar-refractivity contribution < 1.29 is 25.8 Å². The van der Waals surface area contributed by atoms with Crippen molar-refractivity contribution >= 4 is 6.08 Å². The molecule has 2 aliphatic rings. The summed E-state index contributed by atoms with van der Waals surface area (Å²) in [6.07, 6.45) is 8.17. The second-order valence-electron chi connectivity index (χ2n) is 7.25. The Bertz CT molecular complexity index is 983. The third kappa shape index (κ3) is 2.83. The van der Waals surface area contributed by atoms with Gasteiger partial charge in [0.05, 0.1) is 0 Å². The first-order valence-electron chi connectivity index (χ1n) is 9.13. The van der Waals surface area contributed by atoms with Crippen LogP contribution in [0.1, 0.15) is 40.7 Å². The molecule has 126 valence electrons. The first kappa shape index (κ1) is 17.5. The minimum atomic E-state index is 0. The van der Waals surface area contributed by atoms with E-state index in [0.29, 0.717) is 11.8 Å². The summed E-state index contributed by atoms with van der Waals surface area (Å²) < 4.78 is 0. The quantitative estimate of drug-likeness (QED) is 0.231. The minimum absolute atomic E-state index is 0. The van der Waals surface area contributed by atoms with Crippen molar-refractivity contribution in [1.29, 1.82) is 0 Å². The average Bonchev–Trinajstić information content (AvgIpc) is 3.24. The maximum absolute atomic E-state index is 2.47. The summed E-state index contributed by atoms with van der Waals surface area (Å²) >= 11 is 0. The summed E-state index contributed by atoms with van der Waals surface area (Å²) in [4.78, 5) is 0. The van der Waals surface area contributed by atoms with Crippen LogP contribution in [0.2, 0.25) is 0 Å². The van der Waals surface area contributed by atoms with Gasteiger partial charge in [0.25, 0.3) is 0 Å². The van der Waals surface area contributed by atoms with Crippen LogP contribution in [0.4, 0.5) is 0 Å². The Hall–Kier alpha value is -1.86. The first-order valence-corrected chi connectivity index (χ1v) is 9.13. The van der Waals surface area contributed by atoms with E-state index in [9.17, 15) is 0 Å². The molecule has 0 spiro atoms. The van der Waals surface area contributed by atoms with E-state index in [1.54, 1.807) is 0 Å². The zero-order valence-corrected chi connectivity index (χ0v) is 18.5. The van der Waals surface area contributed by atoms with Gasteiger partial charge < -0.3 is 0 Å². The maximum Gasteiger partial charge on any atom is 0 e. The average molecular weight is 500 g/mol. The predicted molar refractivity (Wildman–Crippen MR) is 105 cm³/mol. The summed E-state index contributed by atoms with van der Waals surface area (Å²) in [5.74, 6) is 0.964. The molecule has 0 aliphatic heterocycles. The second-order valence-corrected chi connectivity index (χ2v) is 7.25. The Morgan fingerprint density at radius 1 is 0.885 bits per heavy atom. The molecule has 2 aliphatic carbocycles. The fourth-order valence-electron chi connectivity index (χ4n) is 4.46. The van der Waals surface area contributed by atoms with Crippen molar-refractivity contribution in [3.05, 3.63) is 107 Å². The molecule has 26 heavy (non-hydrogen) atoms. The molecule has 0 fully saturated rings. The van der Waals surface area contributed by atoms with Crippen LogP contribution in [0.15, 0.2) is 72.8 Å². The standard InChI is InChI=1S/C25H21.Hf/c1-17(21-14-13-18-7-2-4-10-22(18)21)15-19-9-6-12-24-23-11-5-3-8-20(23)16-25(19)24;/h2-15,17,21H,16H2,1H3;/q-1;. The first-order chi connectivity index (χ1) is 12.3. The molecule has 0 aromatic heterocycles. The predicted octanol–water partition coefficient (Wildman–Crippen LogP) is 6.25. The summed E-state index contributed by atoms with van der Waals surface area (Å²) in [7, 11) is 0. The Labute approximate surface area is 174 Å². The molecule has 0 radical (unpaired) electrons. The van der Waals surface area contributed by atoms with Crippen molar-refractivity contribution in [2.24, 2.45) is 5.92 Å². The zero-order chi connectivity index (χ0) is 16.8. The van der Waals surface area contributed by atoms with Gasteiger partial charge >= 0.3 is 0 Å². The summed E-state index contributed by atoms with van der Waals surface area (Å²) in [6.45, 7) is 2.35. The molecule has 0 nitrogen and oxygen atoms in total. The molecule has 0 heterocycles. The van der Waals surface area contributed by atoms with E-state index in [1.165, 1.54) is 38.9 Å². The molecule has 1 heteroatoms. The van der Waals surface area contributed by atoms with Gasteiger partial charge in [-0.1, -0.05) is 85.2 Å². The minimum Gasteiger partial charge on any atom is -0.188 e. The summed E-state index contributed by atoms with van der Waals surface area (Å²) in [5, 5.41) is 0. The number of rotatable bonds is 3. The van der Waals surface area contributed by atoms with Crippen molar-refractivity contribution in [1.82, 2.24) is 0 Å². The van der Waals surface area contributed by atoms with Gasteiger partial charge in [0.1, 0.15) is 0 Å². The van der Waals surface area contributed by atoms with Crippen LogP contribution in [0.5, 0.6) is 0 Å². The molecular weight excluding hydrogens is 479 g/mol. The van der Waals surface area contributed by atoms with Gasteiger partial charge in [0.15, 0.2) is 0 Å². The molecule has 0 N–H and O–H groups in total. The third-order valence-electron chi connectivity index (χ3n) is 5.73. The van der Waals surface area contributed by atoms with Crippen LogP contribution in [0, 0.1) is 12.3 Å². The topological polar surface area (TPSA) is 0 Å². The molecule has 3 aromatic rings. The molecule has 0 saturated carbocycles. The van der Waals surface area contributed by atoms with Gasteiger partial charge in [-0.2, -0.15) is 18.1 Å². The zero-order valence-electron chi connectivity index (χ0n) is 14.9. The van der Waals surface area contributed by atoms with Crippen molar-refractivity contribution in [3.63, 3.8) is 0 Å². The van der Waals surface area contributed by atoms with Gasteiger partial charge in [-0.25, -0.2) is 0 Å². The number of benzene rings is 3. The number of allylic oxidation sites excluding steroid dienone is 1. The van der Waals surface area contributed by atoms with E-state index in [4.69, 9.17) is 0 Å². The van der Waals surface area contributed by atoms with Crippen molar-refractivity contribution in [2.75, 3.05) is 0 Å². The smallest absolute Gasteiger partial charge is 0 e. The molecule has 0 amide bonds. The van der Waals surface area contributed by atoms with E-state index in [0.717, 1.165) is 6.42 Å². The van der Waals surface area contributed by atoms with E-state index in [1.807, 2.05) is 0 Å². The van der Waals surface area contributed by atoms with Crippen molar-refractivity contribution in [3.8, 4) is 11.1 Å². The normalized spacial score (nSPS) is 17.0. The fraction of sp³-hybridized carbons (Fsp3) is 0.160. The van der Waals surface area contributed by atoms with Gasteiger partial charge in [-0.05, 0) is 34.6 Å². The molecule has 3 aromatic carbocycles. The van der Waals surface area contributed by atoms with Gasteiger partial charge in [-0.15, -0.1) is 11.6 Å². The molecule has 0 saturated heterocycles. The maximum atomic E-state index is 2.47. The van der Waals surface area contributed by atoms with Crippen LogP contribution >= 0.6 is 0 Å². The van der Waals surface area contributed by atoms with E-state index < -0.39 is 0 Å². The van der Waals surface area contributed by atoms with Gasteiger partial charge in [0, 0.05) is 25.8 Å². The number of hydrogen-bond donors (Lipinski definition) is 0. The van der Waals surface area contributed by atoms with Crippen LogP contribution in [0.3, 0.4) is 0 Å². The Kier molecular flexibility index (Phi) is 4.75. The Morgan fingerprint density at radius 2 is 1.65 bits per heavy atom. The second kappa shape index (κ2) is 7.04. The molecule has 2 unspecified atom stereocenters. The van der Waals surface area contributed by atoms with Gasteiger partial charge in [-0.3, -0.25) is 0 Å².